The zero-order chi connectivity index (χ0) is 25.1. The summed E-state index contributed by atoms with van der Waals surface area (Å²) in [4.78, 5) is 18.8. The lowest BCUT2D eigenvalue weighted by Crippen LogP contribution is -2.33. The van der Waals surface area contributed by atoms with E-state index in [9.17, 15) is 13.6 Å². The molecular formula is C27H38F2N4O. The maximum Gasteiger partial charge on any atom is 0.227 e. The Balaban J connectivity index is 0.000000340. The van der Waals surface area contributed by atoms with E-state index in [2.05, 4.69) is 40.9 Å². The highest BCUT2D eigenvalue weighted by Gasteiger charge is 2.27. The number of likely N-dealkylation sites (N-methyl/N-ethyl adjacent to an activating group) is 1. The van der Waals surface area contributed by atoms with Gasteiger partial charge < -0.3 is 15.5 Å². The third-order valence-electron chi connectivity index (χ3n) is 6.15. The molecule has 3 unspecified atom stereocenters. The molecule has 1 heterocycles. The van der Waals surface area contributed by atoms with Gasteiger partial charge >= 0.3 is 0 Å². The molecule has 1 aromatic carbocycles. The first-order valence-corrected chi connectivity index (χ1v) is 12.0. The minimum Gasteiger partial charge on any atom is -0.358 e. The molecule has 1 fully saturated rings. The predicted molar refractivity (Wildman–Crippen MR) is 136 cm³/mol. The zero-order valence-corrected chi connectivity index (χ0v) is 20.8. The maximum atomic E-state index is 12.6. The fourth-order valence-electron chi connectivity index (χ4n) is 3.87. The van der Waals surface area contributed by atoms with E-state index >= 15 is 0 Å². The summed E-state index contributed by atoms with van der Waals surface area (Å²) in [5, 5.41) is 6.41. The van der Waals surface area contributed by atoms with Gasteiger partial charge in [-0.05, 0) is 56.2 Å². The van der Waals surface area contributed by atoms with Crippen LogP contribution in [0.5, 0.6) is 0 Å². The summed E-state index contributed by atoms with van der Waals surface area (Å²) in [5.74, 6) is 0.329. The normalized spacial score (nSPS) is 17.9. The van der Waals surface area contributed by atoms with Crippen molar-refractivity contribution in [1.29, 1.82) is 0 Å². The van der Waals surface area contributed by atoms with Gasteiger partial charge in [0.2, 0.25) is 5.91 Å². The van der Waals surface area contributed by atoms with Crippen molar-refractivity contribution in [2.75, 3.05) is 30.4 Å². The average Bonchev–Trinajstić information content (AvgIpc) is 3.27. The number of halogens is 2. The minimum atomic E-state index is -0.764. The number of carbonyl (C=O) groups is 1. The molecular weight excluding hydrogens is 434 g/mol. The molecule has 1 saturated carbocycles. The van der Waals surface area contributed by atoms with Crippen molar-refractivity contribution in [3.63, 3.8) is 0 Å². The SMILES string of the molecule is C=CC(C)NCCN(C)c1cc(NC(=O)C2CCC(C)C2)ccn1.CCc1cccc(F)c1F. The molecule has 0 spiro atoms. The van der Waals surface area contributed by atoms with Crippen LogP contribution in [0.2, 0.25) is 0 Å². The first-order chi connectivity index (χ1) is 16.2. The van der Waals surface area contributed by atoms with Crippen molar-refractivity contribution in [1.82, 2.24) is 10.3 Å². The van der Waals surface area contributed by atoms with Crippen LogP contribution in [0, 0.1) is 23.5 Å². The Labute approximate surface area is 202 Å². The van der Waals surface area contributed by atoms with E-state index in [-0.39, 0.29) is 11.8 Å². The Bertz CT molecular complexity index is 937. The number of anilines is 2. The quantitative estimate of drug-likeness (QED) is 0.468. The number of nitrogens with one attached hydrogen (secondary N) is 2. The molecule has 3 atom stereocenters. The summed E-state index contributed by atoms with van der Waals surface area (Å²) in [6.07, 6.45) is 7.31. The molecule has 5 nitrogen and oxygen atoms in total. The second kappa shape index (κ2) is 13.8. The molecule has 0 saturated heterocycles. The highest BCUT2D eigenvalue weighted by molar-refractivity contribution is 5.93. The lowest BCUT2D eigenvalue weighted by molar-refractivity contribution is -0.119. The molecule has 34 heavy (non-hydrogen) atoms. The van der Waals surface area contributed by atoms with Gasteiger partial charge in [0.25, 0.3) is 0 Å². The lowest BCUT2D eigenvalue weighted by Gasteiger charge is -2.20. The molecule has 186 valence electrons. The molecule has 2 N–H and O–H groups in total. The van der Waals surface area contributed by atoms with Crippen LogP contribution in [-0.4, -0.2) is 37.1 Å². The number of amides is 1. The summed E-state index contributed by atoms with van der Waals surface area (Å²) >= 11 is 0. The van der Waals surface area contributed by atoms with Gasteiger partial charge in [0.15, 0.2) is 11.6 Å². The minimum absolute atomic E-state index is 0.139. The molecule has 2 aromatic rings. The monoisotopic (exact) mass is 472 g/mol. The average molecular weight is 473 g/mol. The van der Waals surface area contributed by atoms with Crippen LogP contribution in [0.3, 0.4) is 0 Å². The van der Waals surface area contributed by atoms with E-state index < -0.39 is 11.6 Å². The number of hydrogen-bond acceptors (Lipinski definition) is 4. The summed E-state index contributed by atoms with van der Waals surface area (Å²) in [7, 11) is 2.01. The smallest absolute Gasteiger partial charge is 0.227 e. The molecule has 0 aliphatic heterocycles. The van der Waals surface area contributed by atoms with E-state index in [1.807, 2.05) is 25.3 Å². The fourth-order valence-corrected chi connectivity index (χ4v) is 3.87. The highest BCUT2D eigenvalue weighted by atomic mass is 19.2. The van der Waals surface area contributed by atoms with Crippen molar-refractivity contribution in [2.24, 2.45) is 11.8 Å². The van der Waals surface area contributed by atoms with E-state index in [0.717, 1.165) is 49.9 Å². The molecule has 7 heteroatoms. The Morgan fingerprint density at radius 2 is 2.09 bits per heavy atom. The number of rotatable bonds is 9. The van der Waals surface area contributed by atoms with Gasteiger partial charge in [-0.25, -0.2) is 13.8 Å². The molecule has 0 radical (unpaired) electrons. The van der Waals surface area contributed by atoms with Crippen molar-refractivity contribution in [2.45, 2.75) is 52.5 Å². The van der Waals surface area contributed by atoms with Crippen LogP contribution in [-0.2, 0) is 11.2 Å². The molecule has 1 aromatic heterocycles. The second-order valence-electron chi connectivity index (χ2n) is 8.97. The summed E-state index contributed by atoms with van der Waals surface area (Å²) in [5.41, 5.74) is 1.25. The lowest BCUT2D eigenvalue weighted by atomic mass is 10.1. The zero-order valence-electron chi connectivity index (χ0n) is 20.8. The summed E-state index contributed by atoms with van der Waals surface area (Å²) in [6, 6.07) is 8.30. The first kappa shape index (κ1) is 27.4. The van der Waals surface area contributed by atoms with Crippen LogP contribution in [0.1, 0.15) is 45.6 Å². The fraction of sp³-hybridized carbons (Fsp3) is 0.481. The van der Waals surface area contributed by atoms with Crippen molar-refractivity contribution in [3.05, 3.63) is 66.4 Å². The first-order valence-electron chi connectivity index (χ1n) is 12.0. The van der Waals surface area contributed by atoms with Crippen molar-refractivity contribution in [3.8, 4) is 0 Å². The number of aromatic nitrogens is 1. The van der Waals surface area contributed by atoms with Crippen LogP contribution < -0.4 is 15.5 Å². The van der Waals surface area contributed by atoms with E-state index in [1.54, 1.807) is 19.2 Å². The van der Waals surface area contributed by atoms with E-state index in [4.69, 9.17) is 0 Å². The van der Waals surface area contributed by atoms with Crippen molar-refractivity contribution >= 4 is 17.4 Å². The van der Waals surface area contributed by atoms with Gasteiger partial charge in [-0.15, -0.1) is 6.58 Å². The van der Waals surface area contributed by atoms with E-state index in [0.29, 0.717) is 23.9 Å². The molecule has 1 aliphatic rings. The van der Waals surface area contributed by atoms with Crippen LogP contribution in [0.4, 0.5) is 20.3 Å². The number of carbonyl (C=O) groups excluding carboxylic acids is 1. The molecule has 0 bridgehead atoms. The number of aryl methyl sites for hydroxylation is 1. The number of nitrogens with zero attached hydrogens (tertiary/aromatic N) is 2. The molecule has 1 amide bonds. The Kier molecular flexibility index (Phi) is 11.1. The second-order valence-corrected chi connectivity index (χ2v) is 8.97. The Hall–Kier alpha value is -2.80. The van der Waals surface area contributed by atoms with Gasteiger partial charge in [-0.2, -0.15) is 0 Å². The number of hydrogen-bond donors (Lipinski definition) is 2. The predicted octanol–water partition coefficient (Wildman–Crippen LogP) is 5.58. The number of benzene rings is 1. The van der Waals surface area contributed by atoms with Crippen LogP contribution >= 0.6 is 0 Å². The Morgan fingerprint density at radius 1 is 1.32 bits per heavy atom. The van der Waals surface area contributed by atoms with Gasteiger partial charge in [0.1, 0.15) is 5.82 Å². The van der Waals surface area contributed by atoms with E-state index in [1.165, 1.54) is 6.07 Å². The number of pyridine rings is 1. The van der Waals surface area contributed by atoms with Gasteiger partial charge in [-0.1, -0.05) is 32.1 Å². The standard InChI is InChI=1S/C19H30N4O.C8H8F2/c1-5-15(3)20-10-11-23(4)18-13-17(8-9-21-18)22-19(24)16-7-6-14(2)12-16;1-2-6-4-3-5-7(9)8(6)10/h5,8-9,13-16,20H,1,6-7,10-12H2,2-4H3,(H,21,22,24);3-5H,2H2,1H3. The third kappa shape index (κ3) is 8.52. The highest BCUT2D eigenvalue weighted by Crippen LogP contribution is 2.31. The third-order valence-corrected chi connectivity index (χ3v) is 6.15. The van der Waals surface area contributed by atoms with Gasteiger partial charge in [0, 0.05) is 50.0 Å². The van der Waals surface area contributed by atoms with Crippen LogP contribution in [0.15, 0.2) is 49.2 Å². The molecule has 1 aliphatic carbocycles. The maximum absolute atomic E-state index is 12.6. The molecule has 3 rings (SSSR count). The van der Waals surface area contributed by atoms with Gasteiger partial charge in [0.05, 0.1) is 0 Å². The summed E-state index contributed by atoms with van der Waals surface area (Å²) < 4.78 is 25.0. The van der Waals surface area contributed by atoms with Gasteiger partial charge in [-0.3, -0.25) is 4.79 Å². The van der Waals surface area contributed by atoms with Crippen LogP contribution in [0.25, 0.3) is 0 Å². The Morgan fingerprint density at radius 3 is 2.71 bits per heavy atom. The summed E-state index contributed by atoms with van der Waals surface area (Å²) in [6.45, 7) is 11.5. The van der Waals surface area contributed by atoms with Crippen molar-refractivity contribution < 1.29 is 13.6 Å². The largest absolute Gasteiger partial charge is 0.358 e. The topological polar surface area (TPSA) is 57.3 Å².